The Balaban J connectivity index is 1.97. The van der Waals surface area contributed by atoms with E-state index in [0.717, 1.165) is 59.6 Å². The summed E-state index contributed by atoms with van der Waals surface area (Å²) in [6.45, 7) is 2.19. The molecule has 1 aliphatic heterocycles. The maximum Gasteiger partial charge on any atom is 0.209 e. The molecule has 2 atom stereocenters. The zero-order valence-electron chi connectivity index (χ0n) is 14.3. The van der Waals surface area contributed by atoms with Gasteiger partial charge in [0.25, 0.3) is 0 Å². The first kappa shape index (κ1) is 19.7. The third kappa shape index (κ3) is 3.96. The van der Waals surface area contributed by atoms with Crippen LogP contribution in [0.1, 0.15) is 38.2 Å². The lowest BCUT2D eigenvalue weighted by Crippen LogP contribution is -2.38. The Morgan fingerprint density at radius 2 is 2.19 bits per heavy atom. The molecule has 8 nitrogen and oxygen atoms in total. The molecule has 10 heteroatoms. The maximum absolute atomic E-state index is 11.0. The van der Waals surface area contributed by atoms with Crippen molar-refractivity contribution < 1.29 is 37.3 Å². The van der Waals surface area contributed by atoms with Gasteiger partial charge in [-0.1, -0.05) is 11.5 Å². The number of rotatable bonds is 7. The van der Waals surface area contributed by atoms with E-state index in [-0.39, 0.29) is 12.0 Å². The van der Waals surface area contributed by atoms with Crippen molar-refractivity contribution in [2.45, 2.75) is 49.0 Å². The Morgan fingerprint density at radius 1 is 1.42 bits per heavy atom. The number of hydrogen-bond acceptors (Lipinski definition) is 8. The van der Waals surface area contributed by atoms with Gasteiger partial charge in [-0.05, 0) is 31.9 Å². The Hall–Kier alpha value is -1.01. The fourth-order valence-corrected chi connectivity index (χ4v) is 5.04. The number of β-amino-alcohol motifs (C(OH)–C–C–N with tert-alkyl or cyclic N) is 1. The van der Waals surface area contributed by atoms with Crippen molar-refractivity contribution in [3.63, 3.8) is 0 Å². The van der Waals surface area contributed by atoms with Crippen LogP contribution in [-0.4, -0.2) is 52.0 Å². The number of aliphatic hydroxyl groups excluding tert-OH is 1. The monoisotopic (exact) mass is 403 g/mol. The van der Waals surface area contributed by atoms with Gasteiger partial charge >= 0.3 is 0 Å². The number of nitrogens with zero attached hydrogens (tertiary/aromatic N) is 1. The standard InChI is InChI=1S/C16H21NO7S2/c1-16-7-3-2-4-15(16)17(9-11(18)10-26(20,21)22)14-6-5-12(8-13(14)16)25-24-23-19/h5-6,8,11,18H,2-4,7,9-10H2,1H3,(H-,19,20,21,22). The van der Waals surface area contributed by atoms with E-state index in [1.54, 1.807) is 6.07 Å². The average molecular weight is 403 g/mol. The first-order valence-electron chi connectivity index (χ1n) is 8.29. The van der Waals surface area contributed by atoms with Crippen LogP contribution < -0.4 is 0 Å². The van der Waals surface area contributed by atoms with Crippen molar-refractivity contribution in [3.05, 3.63) is 23.8 Å². The van der Waals surface area contributed by atoms with Crippen LogP contribution in [0, 0.1) is 0 Å². The zero-order chi connectivity index (χ0) is 18.9. The first-order valence-corrected chi connectivity index (χ1v) is 10.6. The van der Waals surface area contributed by atoms with Crippen LogP contribution >= 0.6 is 12.0 Å². The third-order valence-corrected chi connectivity index (χ3v) is 6.48. The van der Waals surface area contributed by atoms with Crippen molar-refractivity contribution in [1.82, 2.24) is 0 Å². The highest BCUT2D eigenvalue weighted by Gasteiger charge is 2.50. The Bertz CT molecular complexity index is 824. The van der Waals surface area contributed by atoms with Crippen molar-refractivity contribution in [1.29, 1.82) is 0 Å². The summed E-state index contributed by atoms with van der Waals surface area (Å²) in [5, 5.41) is 22.1. The molecular weight excluding hydrogens is 382 g/mol. The molecule has 0 saturated heterocycles. The normalized spacial score (nSPS) is 23.7. The lowest BCUT2D eigenvalue weighted by atomic mass is 9.71. The molecule has 1 aromatic carbocycles. The summed E-state index contributed by atoms with van der Waals surface area (Å²) in [5.74, 6) is -0.807. The van der Waals surface area contributed by atoms with E-state index >= 15 is 0 Å². The molecule has 3 rings (SSSR count). The summed E-state index contributed by atoms with van der Waals surface area (Å²) in [6, 6.07) is 5.60. The molecule has 1 aliphatic carbocycles. The predicted octanol–water partition coefficient (Wildman–Crippen LogP) is 1.95. The van der Waals surface area contributed by atoms with Gasteiger partial charge in [0.15, 0.2) is 12.3 Å². The summed E-state index contributed by atoms with van der Waals surface area (Å²) >= 11 is 0.877. The minimum atomic E-state index is -4.50. The fraction of sp³-hybridized carbons (Fsp3) is 0.562. The van der Waals surface area contributed by atoms with Crippen molar-refractivity contribution in [3.8, 4) is 0 Å². The third-order valence-electron chi connectivity index (χ3n) is 5.11. The van der Waals surface area contributed by atoms with Gasteiger partial charge in [0, 0.05) is 22.9 Å². The summed E-state index contributed by atoms with van der Waals surface area (Å²) in [6.07, 6.45) is 2.61. The molecule has 26 heavy (non-hydrogen) atoms. The van der Waals surface area contributed by atoms with E-state index in [4.69, 9.17) is 5.26 Å². The Labute approximate surface area is 156 Å². The smallest absolute Gasteiger partial charge is 0.209 e. The molecule has 1 saturated carbocycles. The Kier molecular flexibility index (Phi) is 5.73. The molecule has 1 aromatic rings. The lowest BCUT2D eigenvalue weighted by Gasteiger charge is -2.28. The fourth-order valence-electron chi connectivity index (χ4n) is 4.07. The van der Waals surface area contributed by atoms with Crippen LogP contribution in [0.15, 0.2) is 23.1 Å². The Morgan fingerprint density at radius 3 is 2.88 bits per heavy atom. The topological polar surface area (TPSA) is 119 Å². The number of benzene rings is 1. The predicted molar refractivity (Wildman–Crippen MR) is 93.3 cm³/mol. The summed E-state index contributed by atoms with van der Waals surface area (Å²) in [5.41, 5.74) is 2.85. The van der Waals surface area contributed by atoms with E-state index in [9.17, 15) is 18.1 Å². The molecule has 0 bridgehead atoms. The van der Waals surface area contributed by atoms with Gasteiger partial charge in [-0.3, -0.25) is 0 Å². The minimum Gasteiger partial charge on any atom is -0.748 e. The molecule has 0 spiro atoms. The molecule has 1 fully saturated rings. The van der Waals surface area contributed by atoms with Crippen LogP contribution in [0.4, 0.5) is 5.69 Å². The minimum absolute atomic E-state index is 0.0577. The summed E-state index contributed by atoms with van der Waals surface area (Å²) in [4.78, 5) is 0.744. The average Bonchev–Trinajstić information content (AvgIpc) is 2.80. The van der Waals surface area contributed by atoms with E-state index in [1.807, 2.05) is 16.7 Å². The molecule has 2 N–H and O–H groups in total. The second-order valence-corrected chi connectivity index (χ2v) is 9.10. The zero-order valence-corrected chi connectivity index (χ0v) is 15.9. The largest absolute Gasteiger partial charge is 0.748 e. The molecule has 0 aromatic heterocycles. The molecule has 2 aliphatic rings. The second-order valence-electron chi connectivity index (χ2n) is 6.88. The van der Waals surface area contributed by atoms with Crippen LogP contribution in [0.5, 0.6) is 0 Å². The van der Waals surface area contributed by atoms with E-state index in [2.05, 4.69) is 16.3 Å². The molecule has 1 heterocycles. The van der Waals surface area contributed by atoms with E-state index in [1.165, 1.54) is 0 Å². The van der Waals surface area contributed by atoms with Gasteiger partial charge in [-0.25, -0.2) is 13.7 Å². The van der Waals surface area contributed by atoms with E-state index < -0.39 is 22.0 Å². The highest BCUT2D eigenvalue weighted by molar-refractivity contribution is 7.94. The van der Waals surface area contributed by atoms with Crippen LogP contribution in [0.25, 0.3) is 0 Å². The number of aliphatic hydroxyl groups is 1. The van der Waals surface area contributed by atoms with Crippen LogP contribution in [0.2, 0.25) is 0 Å². The second kappa shape index (κ2) is 7.55. The van der Waals surface area contributed by atoms with Gasteiger partial charge in [0.1, 0.15) is 6.10 Å². The molecule has 144 valence electrons. The molecular formula is C16H21NO7S2. The highest BCUT2D eigenvalue weighted by atomic mass is 32.2. The molecule has 2 unspecified atom stereocenters. The molecule has 0 amide bonds. The van der Waals surface area contributed by atoms with Crippen LogP contribution in [0.3, 0.4) is 0 Å². The SMILES string of the molecule is CC12CCCCC1=[N+](CC(O)CS(=O)(=O)[O-])c1ccc(SOOO)cc12. The quantitative estimate of drug-likeness (QED) is 0.233. The van der Waals surface area contributed by atoms with Gasteiger partial charge in [-0.2, -0.15) is 4.58 Å². The highest BCUT2D eigenvalue weighted by Crippen LogP contribution is 2.47. The lowest BCUT2D eigenvalue weighted by molar-refractivity contribution is -0.450. The van der Waals surface area contributed by atoms with Gasteiger partial charge in [0.05, 0.1) is 33.3 Å². The van der Waals surface area contributed by atoms with Crippen LogP contribution in [-0.2, 0) is 24.9 Å². The number of hydrogen-bond donors (Lipinski definition) is 2. The molecule has 0 radical (unpaired) electrons. The van der Waals surface area contributed by atoms with Gasteiger partial charge in [0.2, 0.25) is 5.69 Å². The number of fused-ring (bicyclic) bond motifs is 3. The van der Waals surface area contributed by atoms with Gasteiger partial charge in [-0.15, -0.1) is 4.33 Å². The van der Waals surface area contributed by atoms with Crippen molar-refractivity contribution >= 4 is 33.6 Å². The van der Waals surface area contributed by atoms with Crippen molar-refractivity contribution in [2.75, 3.05) is 12.3 Å². The van der Waals surface area contributed by atoms with Gasteiger partial charge < -0.3 is 9.66 Å². The van der Waals surface area contributed by atoms with E-state index in [0.29, 0.717) is 0 Å². The summed E-state index contributed by atoms with van der Waals surface area (Å²) in [7, 11) is -4.50. The maximum atomic E-state index is 11.0. The first-order chi connectivity index (χ1) is 12.2. The van der Waals surface area contributed by atoms with Crippen molar-refractivity contribution in [2.24, 2.45) is 0 Å². The summed E-state index contributed by atoms with van der Waals surface area (Å²) < 4.78 is 39.3.